The lowest BCUT2D eigenvalue weighted by Crippen LogP contribution is -2.41. The van der Waals surface area contributed by atoms with Crippen molar-refractivity contribution in [3.05, 3.63) is 23.6 Å². The van der Waals surface area contributed by atoms with Gasteiger partial charge in [0.05, 0.1) is 0 Å². The Morgan fingerprint density at radius 3 is 2.52 bits per heavy atom. The number of carbonyl (C=O) groups excluding carboxylic acids is 2. The van der Waals surface area contributed by atoms with Crippen LogP contribution in [0.5, 0.6) is 0 Å². The van der Waals surface area contributed by atoms with Crippen LogP contribution in [-0.2, 0) is 4.84 Å². The highest BCUT2D eigenvalue weighted by atomic mass is 16.7. The van der Waals surface area contributed by atoms with Crippen LogP contribution in [0.2, 0.25) is 0 Å². The maximum absolute atomic E-state index is 12.2. The first kappa shape index (κ1) is 16.6. The predicted octanol–water partition coefficient (Wildman–Crippen LogP) is 2.40. The quantitative estimate of drug-likeness (QED) is 0.522. The van der Waals surface area contributed by atoms with Gasteiger partial charge in [-0.05, 0) is 40.2 Å². The molecule has 0 radical (unpaired) electrons. The van der Waals surface area contributed by atoms with E-state index in [0.29, 0.717) is 5.57 Å². The van der Waals surface area contributed by atoms with Gasteiger partial charge in [0.25, 0.3) is 5.91 Å². The van der Waals surface area contributed by atoms with Crippen LogP contribution in [0, 0.1) is 0 Å². The topological polar surface area (TPSA) is 93.8 Å². The summed E-state index contributed by atoms with van der Waals surface area (Å²) < 4.78 is 4.99. The maximum Gasteiger partial charge on any atom is 0.372 e. The zero-order valence-corrected chi connectivity index (χ0v) is 12.8. The normalized spacial score (nSPS) is 11.5. The summed E-state index contributed by atoms with van der Waals surface area (Å²) in [6.45, 7) is 12.3. The molecule has 0 spiro atoms. The number of hydrogen-bond acceptors (Lipinski definition) is 6. The fourth-order valence-corrected chi connectivity index (χ4v) is 1.47. The van der Waals surface area contributed by atoms with Gasteiger partial charge in [0.1, 0.15) is 11.3 Å². The summed E-state index contributed by atoms with van der Waals surface area (Å²) >= 11 is 0. The van der Waals surface area contributed by atoms with Crippen LogP contribution in [-0.4, -0.2) is 28.8 Å². The lowest BCUT2D eigenvalue weighted by Gasteiger charge is -2.19. The van der Waals surface area contributed by atoms with Crippen molar-refractivity contribution in [2.75, 3.05) is 0 Å². The van der Waals surface area contributed by atoms with Crippen LogP contribution in [0.1, 0.15) is 61.2 Å². The Morgan fingerprint density at radius 2 is 2.05 bits per heavy atom. The minimum absolute atomic E-state index is 0.0881. The minimum Gasteiger partial charge on any atom is -0.349 e. The number of nitrogens with zero attached hydrogens (tertiary/aromatic N) is 2. The number of hydrogen-bond donors (Lipinski definition) is 1. The average Bonchev–Trinajstić information content (AvgIpc) is 2.78. The van der Waals surface area contributed by atoms with Crippen molar-refractivity contribution in [3.63, 3.8) is 0 Å². The van der Waals surface area contributed by atoms with E-state index < -0.39 is 17.4 Å². The van der Waals surface area contributed by atoms with E-state index in [-0.39, 0.29) is 17.0 Å². The van der Waals surface area contributed by atoms with Gasteiger partial charge < -0.3 is 14.7 Å². The lowest BCUT2D eigenvalue weighted by atomic mass is 10.1. The van der Waals surface area contributed by atoms with Crippen LogP contribution >= 0.6 is 0 Å². The Kier molecular flexibility index (Phi) is 5.02. The van der Waals surface area contributed by atoms with Crippen molar-refractivity contribution in [2.24, 2.45) is 5.16 Å². The molecule has 0 aliphatic rings. The number of carbonyl (C=O) groups is 2. The number of allylic oxidation sites excluding steroid dienone is 1. The van der Waals surface area contributed by atoms with Gasteiger partial charge in [-0.15, -0.1) is 0 Å². The Labute approximate surface area is 123 Å². The van der Waals surface area contributed by atoms with Gasteiger partial charge >= 0.3 is 5.97 Å². The summed E-state index contributed by atoms with van der Waals surface area (Å²) in [6.07, 6.45) is 1.31. The zero-order chi connectivity index (χ0) is 16.2. The smallest absolute Gasteiger partial charge is 0.349 e. The molecule has 1 aromatic heterocycles. The Balaban J connectivity index is 3.24. The fraction of sp³-hybridized carbons (Fsp3) is 0.429. The first-order chi connectivity index (χ1) is 9.67. The maximum atomic E-state index is 12.2. The summed E-state index contributed by atoms with van der Waals surface area (Å²) in [6, 6.07) is 0. The number of nitrogens with one attached hydrogen (secondary N) is 1. The molecule has 114 valence electrons. The van der Waals surface area contributed by atoms with E-state index in [1.807, 2.05) is 0 Å². The average molecular weight is 293 g/mol. The first-order valence-corrected chi connectivity index (χ1v) is 6.34. The van der Waals surface area contributed by atoms with Gasteiger partial charge in [-0.3, -0.25) is 4.79 Å². The van der Waals surface area contributed by atoms with E-state index in [4.69, 9.17) is 4.52 Å². The molecule has 0 aromatic carbocycles. The molecule has 1 N–H and O–H groups in total. The van der Waals surface area contributed by atoms with Crippen LogP contribution < -0.4 is 5.32 Å². The second-order valence-electron chi connectivity index (χ2n) is 5.46. The predicted molar refractivity (Wildman–Crippen MR) is 78.0 cm³/mol. The third-order valence-electron chi connectivity index (χ3n) is 2.24. The second kappa shape index (κ2) is 6.34. The molecule has 0 aliphatic carbocycles. The van der Waals surface area contributed by atoms with Gasteiger partial charge in [-0.1, -0.05) is 16.9 Å². The summed E-state index contributed by atoms with van der Waals surface area (Å²) in [5, 5.41) is 9.80. The van der Waals surface area contributed by atoms with E-state index >= 15 is 0 Å². The number of amides is 1. The highest BCUT2D eigenvalue weighted by molar-refractivity contribution is 6.06. The van der Waals surface area contributed by atoms with Crippen molar-refractivity contribution in [2.45, 2.75) is 40.2 Å². The SMILES string of the molecule is C=C(C)c1noc(C(=O)NC(C)(C)C)c1C(=O)ON=CC. The molecule has 0 aliphatic heterocycles. The Hall–Kier alpha value is -2.44. The van der Waals surface area contributed by atoms with Crippen molar-refractivity contribution in [1.29, 1.82) is 0 Å². The van der Waals surface area contributed by atoms with Crippen LogP contribution in [0.3, 0.4) is 0 Å². The van der Waals surface area contributed by atoms with Crippen molar-refractivity contribution in [1.82, 2.24) is 10.5 Å². The first-order valence-electron chi connectivity index (χ1n) is 6.34. The molecule has 0 unspecified atom stereocenters. The Morgan fingerprint density at radius 1 is 1.43 bits per heavy atom. The van der Waals surface area contributed by atoms with E-state index in [9.17, 15) is 9.59 Å². The number of aromatic nitrogens is 1. The second-order valence-corrected chi connectivity index (χ2v) is 5.46. The Bertz CT molecular complexity index is 594. The summed E-state index contributed by atoms with van der Waals surface area (Å²) in [7, 11) is 0. The molecule has 0 bridgehead atoms. The van der Waals surface area contributed by atoms with Crippen molar-refractivity contribution in [3.8, 4) is 0 Å². The van der Waals surface area contributed by atoms with Gasteiger partial charge in [0.15, 0.2) is 0 Å². The number of oxime groups is 1. The lowest BCUT2D eigenvalue weighted by molar-refractivity contribution is 0.0512. The molecule has 7 nitrogen and oxygen atoms in total. The molecule has 0 saturated carbocycles. The monoisotopic (exact) mass is 293 g/mol. The van der Waals surface area contributed by atoms with Crippen LogP contribution in [0.15, 0.2) is 16.3 Å². The van der Waals surface area contributed by atoms with Gasteiger partial charge in [-0.2, -0.15) is 0 Å². The third-order valence-corrected chi connectivity index (χ3v) is 2.24. The van der Waals surface area contributed by atoms with Crippen molar-refractivity contribution >= 4 is 23.7 Å². The van der Waals surface area contributed by atoms with Crippen LogP contribution in [0.25, 0.3) is 5.57 Å². The molecule has 21 heavy (non-hydrogen) atoms. The molecule has 0 saturated heterocycles. The van der Waals surface area contributed by atoms with Gasteiger partial charge in [-0.25, -0.2) is 4.79 Å². The fourth-order valence-electron chi connectivity index (χ4n) is 1.47. The summed E-state index contributed by atoms with van der Waals surface area (Å²) in [5.74, 6) is -1.61. The molecule has 0 fully saturated rings. The zero-order valence-electron chi connectivity index (χ0n) is 12.8. The standard InChI is InChI=1S/C14H19N3O4/c1-7-15-21-13(19)9-10(8(2)3)17-20-11(9)12(18)16-14(4,5)6/h7H,2H2,1,3-6H3,(H,16,18). The van der Waals surface area contributed by atoms with E-state index in [1.54, 1.807) is 34.6 Å². The highest BCUT2D eigenvalue weighted by Gasteiger charge is 2.31. The molecular formula is C14H19N3O4. The summed E-state index contributed by atoms with van der Waals surface area (Å²) in [4.78, 5) is 28.9. The van der Waals surface area contributed by atoms with E-state index in [1.165, 1.54) is 6.21 Å². The molecular weight excluding hydrogens is 274 g/mol. The van der Waals surface area contributed by atoms with Crippen molar-refractivity contribution < 1.29 is 18.9 Å². The largest absolute Gasteiger partial charge is 0.372 e. The molecule has 1 aromatic rings. The molecule has 1 rings (SSSR count). The van der Waals surface area contributed by atoms with E-state index in [2.05, 4.69) is 27.0 Å². The van der Waals surface area contributed by atoms with Gasteiger partial charge in [0, 0.05) is 11.8 Å². The van der Waals surface area contributed by atoms with Gasteiger partial charge in [0.2, 0.25) is 5.76 Å². The molecule has 7 heteroatoms. The van der Waals surface area contributed by atoms with Crippen LogP contribution in [0.4, 0.5) is 0 Å². The molecule has 1 heterocycles. The molecule has 0 atom stereocenters. The van der Waals surface area contributed by atoms with E-state index in [0.717, 1.165) is 0 Å². The highest BCUT2D eigenvalue weighted by Crippen LogP contribution is 2.22. The number of rotatable bonds is 4. The summed E-state index contributed by atoms with van der Waals surface area (Å²) in [5.41, 5.74) is 0.0666. The third kappa shape index (κ3) is 4.27. The molecule has 1 amide bonds. The minimum atomic E-state index is -0.827.